The summed E-state index contributed by atoms with van der Waals surface area (Å²) in [6.45, 7) is 4.40. The van der Waals surface area contributed by atoms with Crippen LogP contribution >= 0.6 is 0 Å². The first kappa shape index (κ1) is 18.4. The number of fused-ring (bicyclic) bond motifs is 1. The largest absolute Gasteiger partial charge is 0.504 e. The normalized spacial score (nSPS) is 11.2. The fraction of sp³-hybridized carbons (Fsp3) is 0.333. The molecule has 0 aliphatic rings. The van der Waals surface area contributed by atoms with Crippen molar-refractivity contribution in [2.24, 2.45) is 0 Å². The van der Waals surface area contributed by atoms with E-state index in [0.717, 1.165) is 4.57 Å². The number of rotatable bonds is 6. The molecule has 0 saturated heterocycles. The summed E-state index contributed by atoms with van der Waals surface area (Å²) in [6.07, 6.45) is 1.27. The second-order valence-corrected chi connectivity index (χ2v) is 6.27. The molecule has 27 heavy (non-hydrogen) atoms. The molecule has 142 valence electrons. The first-order chi connectivity index (χ1) is 12.9. The third-order valence-corrected chi connectivity index (χ3v) is 4.40. The predicted molar refractivity (Wildman–Crippen MR) is 101 cm³/mol. The van der Waals surface area contributed by atoms with Crippen LogP contribution in [0.4, 0.5) is 5.69 Å². The Morgan fingerprint density at radius 2 is 1.67 bits per heavy atom. The van der Waals surface area contributed by atoms with Gasteiger partial charge in [-0.25, -0.2) is 4.79 Å². The number of H-pyrrole nitrogens is 1. The molecule has 0 unspecified atom stereocenters. The quantitative estimate of drug-likeness (QED) is 0.508. The first-order valence-electron chi connectivity index (χ1n) is 8.73. The Bertz CT molecular complexity index is 1120. The number of hydrogen-bond acceptors (Lipinski definition) is 5. The molecule has 0 amide bonds. The van der Waals surface area contributed by atoms with E-state index >= 15 is 0 Å². The molecule has 9 nitrogen and oxygen atoms in total. The maximum absolute atomic E-state index is 12.8. The van der Waals surface area contributed by atoms with Crippen LogP contribution in [0.2, 0.25) is 0 Å². The van der Waals surface area contributed by atoms with Gasteiger partial charge in [0.25, 0.3) is 11.2 Å². The fourth-order valence-electron chi connectivity index (χ4n) is 3.17. The molecule has 3 rings (SSSR count). The van der Waals surface area contributed by atoms with E-state index in [1.807, 2.05) is 13.8 Å². The summed E-state index contributed by atoms with van der Waals surface area (Å²) in [5, 5.41) is 21.5. The van der Waals surface area contributed by atoms with Crippen molar-refractivity contribution in [2.75, 3.05) is 0 Å². The van der Waals surface area contributed by atoms with Gasteiger partial charge in [0.1, 0.15) is 11.0 Å². The zero-order chi connectivity index (χ0) is 19.7. The highest BCUT2D eigenvalue weighted by atomic mass is 16.6. The molecule has 0 radical (unpaired) electrons. The number of aryl methyl sites for hydroxylation is 1. The van der Waals surface area contributed by atoms with E-state index in [-0.39, 0.29) is 34.7 Å². The van der Waals surface area contributed by atoms with Crippen molar-refractivity contribution in [3.8, 4) is 17.0 Å². The third-order valence-electron chi connectivity index (χ3n) is 4.40. The molecule has 0 fully saturated rings. The highest BCUT2D eigenvalue weighted by Gasteiger charge is 2.22. The topological polar surface area (TPSA) is 123 Å². The Morgan fingerprint density at radius 3 is 2.22 bits per heavy atom. The number of benzene rings is 1. The van der Waals surface area contributed by atoms with Crippen LogP contribution in [0, 0.1) is 10.1 Å². The minimum absolute atomic E-state index is 0.0810. The molecule has 0 aliphatic carbocycles. The van der Waals surface area contributed by atoms with Crippen LogP contribution in [-0.2, 0) is 13.1 Å². The molecule has 0 spiro atoms. The highest BCUT2D eigenvalue weighted by Crippen LogP contribution is 2.35. The Balaban J connectivity index is 2.31. The van der Waals surface area contributed by atoms with Gasteiger partial charge in [0.2, 0.25) is 0 Å². The van der Waals surface area contributed by atoms with E-state index in [1.54, 1.807) is 0 Å². The maximum atomic E-state index is 12.8. The Morgan fingerprint density at radius 1 is 1.07 bits per heavy atom. The van der Waals surface area contributed by atoms with Gasteiger partial charge in [0, 0.05) is 30.8 Å². The molecule has 0 saturated carbocycles. The van der Waals surface area contributed by atoms with Crippen molar-refractivity contribution >= 4 is 16.7 Å². The Kier molecular flexibility index (Phi) is 4.85. The zero-order valence-electron chi connectivity index (χ0n) is 15.1. The molecular formula is C18H20N4O5. The van der Waals surface area contributed by atoms with Gasteiger partial charge in [0.05, 0.1) is 10.6 Å². The molecule has 2 N–H and O–H groups in total. The van der Waals surface area contributed by atoms with E-state index < -0.39 is 16.2 Å². The van der Waals surface area contributed by atoms with Crippen LogP contribution in [0.1, 0.15) is 26.7 Å². The number of hydrogen-bond donors (Lipinski definition) is 2. The molecule has 0 aliphatic heterocycles. The zero-order valence-corrected chi connectivity index (χ0v) is 15.1. The van der Waals surface area contributed by atoms with Gasteiger partial charge in [-0.2, -0.15) is 0 Å². The van der Waals surface area contributed by atoms with Gasteiger partial charge < -0.3 is 10.1 Å². The average molecular weight is 372 g/mol. The fourth-order valence-corrected chi connectivity index (χ4v) is 3.17. The third kappa shape index (κ3) is 3.01. The molecule has 2 heterocycles. The lowest BCUT2D eigenvalue weighted by atomic mass is 10.1. The van der Waals surface area contributed by atoms with Crippen LogP contribution < -0.4 is 11.2 Å². The van der Waals surface area contributed by atoms with Crippen molar-refractivity contribution in [1.82, 2.24) is 14.1 Å². The summed E-state index contributed by atoms with van der Waals surface area (Å²) in [7, 11) is 0. The second-order valence-electron chi connectivity index (χ2n) is 6.27. The summed E-state index contributed by atoms with van der Waals surface area (Å²) in [5.41, 5.74) is -0.00685. The smallest absolute Gasteiger partial charge is 0.331 e. The number of nitrogens with zero attached hydrogens (tertiary/aromatic N) is 3. The lowest BCUT2D eigenvalue weighted by Gasteiger charge is -2.10. The van der Waals surface area contributed by atoms with E-state index in [9.17, 15) is 24.8 Å². The number of aromatic nitrogens is 3. The summed E-state index contributed by atoms with van der Waals surface area (Å²) in [5.74, 6) is -0.217. The minimum atomic E-state index is -0.517. The van der Waals surface area contributed by atoms with Crippen LogP contribution in [0.25, 0.3) is 22.3 Å². The van der Waals surface area contributed by atoms with E-state index in [1.165, 1.54) is 28.8 Å². The maximum Gasteiger partial charge on any atom is 0.331 e. The number of nitro groups is 1. The van der Waals surface area contributed by atoms with Crippen LogP contribution in [-0.4, -0.2) is 24.1 Å². The predicted octanol–water partition coefficient (Wildman–Crippen LogP) is 2.59. The van der Waals surface area contributed by atoms with E-state index in [4.69, 9.17) is 0 Å². The van der Waals surface area contributed by atoms with Crippen LogP contribution in [0.5, 0.6) is 5.75 Å². The number of nitrogens with one attached hydrogen (secondary N) is 1. The standard InChI is InChI=1S/C18H20N4O5/c1-3-9-20-15-14(17(24)21(10-4-2)18(20)25)19-13(16(15)23)11-5-7-12(8-6-11)22(26)27/h5-8,19,23H,3-4,9-10H2,1-2H3. The summed E-state index contributed by atoms with van der Waals surface area (Å²) < 4.78 is 2.56. The number of nitro benzene ring substituents is 1. The van der Waals surface area contributed by atoms with Crippen molar-refractivity contribution in [3.63, 3.8) is 0 Å². The van der Waals surface area contributed by atoms with Crippen LogP contribution in [0.3, 0.4) is 0 Å². The Labute approximate surface area is 153 Å². The lowest BCUT2D eigenvalue weighted by molar-refractivity contribution is -0.384. The average Bonchev–Trinajstić information content (AvgIpc) is 3.00. The Hall–Kier alpha value is -3.36. The summed E-state index contributed by atoms with van der Waals surface area (Å²) in [6, 6.07) is 5.59. The lowest BCUT2D eigenvalue weighted by Crippen LogP contribution is -2.40. The molecule has 9 heteroatoms. The molecule has 3 aromatic rings. The second kappa shape index (κ2) is 7.10. The molecule has 2 aromatic heterocycles. The molecule has 0 atom stereocenters. The summed E-state index contributed by atoms with van der Waals surface area (Å²) in [4.78, 5) is 38.7. The number of aromatic hydroxyl groups is 1. The van der Waals surface area contributed by atoms with Crippen molar-refractivity contribution in [3.05, 3.63) is 55.2 Å². The first-order valence-corrected chi connectivity index (χ1v) is 8.73. The molecule has 1 aromatic carbocycles. The SMILES string of the molecule is CCCn1c(=O)c2[nH]c(-c3ccc([N+](=O)[O-])cc3)c(O)c2n(CCC)c1=O. The van der Waals surface area contributed by atoms with Gasteiger partial charge >= 0.3 is 5.69 Å². The van der Waals surface area contributed by atoms with Crippen molar-refractivity contribution in [2.45, 2.75) is 39.8 Å². The number of aromatic amines is 1. The summed E-state index contributed by atoms with van der Waals surface area (Å²) >= 11 is 0. The van der Waals surface area contributed by atoms with Crippen molar-refractivity contribution < 1.29 is 10.0 Å². The molecular weight excluding hydrogens is 352 g/mol. The molecule has 0 bridgehead atoms. The minimum Gasteiger partial charge on any atom is -0.504 e. The van der Waals surface area contributed by atoms with Gasteiger partial charge in [-0.3, -0.25) is 24.0 Å². The monoisotopic (exact) mass is 372 g/mol. The van der Waals surface area contributed by atoms with Gasteiger partial charge in [-0.1, -0.05) is 13.8 Å². The number of non-ortho nitro benzene ring substituents is 1. The van der Waals surface area contributed by atoms with E-state index in [0.29, 0.717) is 24.9 Å². The van der Waals surface area contributed by atoms with Gasteiger partial charge in [-0.05, 0) is 25.0 Å². The van der Waals surface area contributed by atoms with E-state index in [2.05, 4.69) is 4.98 Å². The van der Waals surface area contributed by atoms with Crippen LogP contribution in [0.15, 0.2) is 33.9 Å². The van der Waals surface area contributed by atoms with Gasteiger partial charge in [0.15, 0.2) is 5.75 Å². The highest BCUT2D eigenvalue weighted by molar-refractivity contribution is 5.91. The van der Waals surface area contributed by atoms with Gasteiger partial charge in [-0.15, -0.1) is 0 Å². The van der Waals surface area contributed by atoms with Crippen molar-refractivity contribution in [1.29, 1.82) is 0 Å².